The first kappa shape index (κ1) is 11.9. The van der Waals surface area contributed by atoms with Gasteiger partial charge in [-0.2, -0.15) is 0 Å². The van der Waals surface area contributed by atoms with Gasteiger partial charge in [-0.05, 0) is 38.2 Å². The minimum absolute atomic E-state index is 0.383. The highest BCUT2D eigenvalue weighted by molar-refractivity contribution is 5.12. The molecule has 2 heterocycles. The fourth-order valence-corrected chi connectivity index (χ4v) is 1.95. The van der Waals surface area contributed by atoms with Gasteiger partial charge in [-0.1, -0.05) is 6.07 Å². The highest BCUT2D eigenvalue weighted by Crippen LogP contribution is 2.13. The van der Waals surface area contributed by atoms with Crippen LogP contribution in [-0.2, 0) is 13.0 Å². The Labute approximate surface area is 103 Å². The van der Waals surface area contributed by atoms with Crippen LogP contribution in [0.5, 0.6) is 0 Å². The molecule has 1 unspecified atom stereocenters. The van der Waals surface area contributed by atoms with Gasteiger partial charge in [0.25, 0.3) is 0 Å². The summed E-state index contributed by atoms with van der Waals surface area (Å²) < 4.78 is 2.29. The Bertz CT molecular complexity index is 448. The number of nitrogens with zero attached hydrogens (tertiary/aromatic N) is 2. The van der Waals surface area contributed by atoms with E-state index >= 15 is 0 Å². The van der Waals surface area contributed by atoms with Crippen molar-refractivity contribution in [3.8, 4) is 0 Å². The number of aromatic nitrogens is 2. The van der Waals surface area contributed by atoms with Crippen LogP contribution >= 0.6 is 0 Å². The summed E-state index contributed by atoms with van der Waals surface area (Å²) in [6.07, 6.45) is 4.95. The Kier molecular flexibility index (Phi) is 3.94. The average molecular weight is 229 g/mol. The van der Waals surface area contributed by atoms with Crippen molar-refractivity contribution in [3.05, 3.63) is 54.1 Å². The lowest BCUT2D eigenvalue weighted by molar-refractivity contribution is 0.565. The first-order chi connectivity index (χ1) is 8.31. The van der Waals surface area contributed by atoms with E-state index < -0.39 is 0 Å². The van der Waals surface area contributed by atoms with Gasteiger partial charge in [0.15, 0.2) is 0 Å². The summed E-state index contributed by atoms with van der Waals surface area (Å²) in [6.45, 7) is 3.15. The molecule has 0 radical (unpaired) electrons. The van der Waals surface area contributed by atoms with Crippen molar-refractivity contribution in [2.24, 2.45) is 0 Å². The first-order valence-corrected chi connectivity index (χ1v) is 6.03. The molecule has 0 saturated heterocycles. The van der Waals surface area contributed by atoms with Crippen LogP contribution in [0.3, 0.4) is 0 Å². The SMILES string of the molecule is CNC(C)c1cccn1CCc1ccccn1. The lowest BCUT2D eigenvalue weighted by atomic mass is 10.2. The lowest BCUT2D eigenvalue weighted by Gasteiger charge is -2.14. The fourth-order valence-electron chi connectivity index (χ4n) is 1.95. The third kappa shape index (κ3) is 2.94. The largest absolute Gasteiger partial charge is 0.350 e. The van der Waals surface area contributed by atoms with Crippen molar-refractivity contribution in [1.29, 1.82) is 0 Å². The summed E-state index contributed by atoms with van der Waals surface area (Å²) in [6, 6.07) is 10.7. The summed E-state index contributed by atoms with van der Waals surface area (Å²) >= 11 is 0. The van der Waals surface area contributed by atoms with Gasteiger partial charge in [0.2, 0.25) is 0 Å². The van der Waals surface area contributed by atoms with Crippen LogP contribution in [0.25, 0.3) is 0 Å². The van der Waals surface area contributed by atoms with Crippen molar-refractivity contribution >= 4 is 0 Å². The van der Waals surface area contributed by atoms with E-state index in [1.165, 1.54) is 5.69 Å². The molecule has 2 aromatic rings. The highest BCUT2D eigenvalue weighted by Gasteiger charge is 2.07. The molecule has 3 nitrogen and oxygen atoms in total. The molecular formula is C14H19N3. The van der Waals surface area contributed by atoms with Gasteiger partial charge in [-0.3, -0.25) is 4.98 Å². The van der Waals surface area contributed by atoms with Crippen LogP contribution in [0.4, 0.5) is 0 Å². The van der Waals surface area contributed by atoms with E-state index in [1.54, 1.807) is 0 Å². The zero-order valence-electron chi connectivity index (χ0n) is 10.4. The second-order valence-corrected chi connectivity index (χ2v) is 4.21. The van der Waals surface area contributed by atoms with Crippen LogP contribution in [-0.4, -0.2) is 16.6 Å². The molecule has 2 aromatic heterocycles. The predicted octanol–water partition coefficient (Wildman–Crippen LogP) is 2.41. The first-order valence-electron chi connectivity index (χ1n) is 6.03. The molecule has 1 atom stereocenters. The summed E-state index contributed by atoms with van der Waals surface area (Å²) in [4.78, 5) is 4.34. The smallest absolute Gasteiger partial charge is 0.0443 e. The van der Waals surface area contributed by atoms with E-state index in [0.29, 0.717) is 6.04 Å². The quantitative estimate of drug-likeness (QED) is 0.853. The zero-order valence-corrected chi connectivity index (χ0v) is 10.4. The summed E-state index contributed by atoms with van der Waals surface area (Å²) in [5.74, 6) is 0. The highest BCUT2D eigenvalue weighted by atomic mass is 15.0. The van der Waals surface area contributed by atoms with E-state index in [-0.39, 0.29) is 0 Å². The lowest BCUT2D eigenvalue weighted by Crippen LogP contribution is -2.17. The van der Waals surface area contributed by atoms with Crippen LogP contribution < -0.4 is 5.32 Å². The second kappa shape index (κ2) is 5.64. The van der Waals surface area contributed by atoms with Gasteiger partial charge in [0, 0.05) is 42.8 Å². The van der Waals surface area contributed by atoms with Crippen molar-refractivity contribution in [3.63, 3.8) is 0 Å². The number of nitrogens with one attached hydrogen (secondary N) is 1. The molecule has 0 aromatic carbocycles. The number of pyridine rings is 1. The molecule has 3 heteroatoms. The molecule has 90 valence electrons. The van der Waals surface area contributed by atoms with Crippen LogP contribution in [0.2, 0.25) is 0 Å². The molecule has 0 fully saturated rings. The number of hydrogen-bond donors (Lipinski definition) is 1. The molecule has 0 saturated carbocycles. The van der Waals surface area contributed by atoms with Gasteiger partial charge in [0.1, 0.15) is 0 Å². The molecule has 0 aliphatic heterocycles. The van der Waals surface area contributed by atoms with E-state index in [0.717, 1.165) is 18.7 Å². The summed E-state index contributed by atoms with van der Waals surface area (Å²) in [7, 11) is 1.99. The van der Waals surface area contributed by atoms with E-state index in [4.69, 9.17) is 0 Å². The maximum Gasteiger partial charge on any atom is 0.0443 e. The Morgan fingerprint density at radius 1 is 1.29 bits per heavy atom. The monoisotopic (exact) mass is 229 g/mol. The van der Waals surface area contributed by atoms with Gasteiger partial charge in [-0.25, -0.2) is 0 Å². The fraction of sp³-hybridized carbons (Fsp3) is 0.357. The van der Waals surface area contributed by atoms with E-state index in [9.17, 15) is 0 Å². The Balaban J connectivity index is 2.02. The van der Waals surface area contributed by atoms with Crippen LogP contribution in [0, 0.1) is 0 Å². The number of aryl methyl sites for hydroxylation is 2. The normalized spacial score (nSPS) is 12.6. The molecule has 0 aliphatic rings. The van der Waals surface area contributed by atoms with E-state index in [2.05, 4.69) is 46.2 Å². The van der Waals surface area contributed by atoms with Gasteiger partial charge in [-0.15, -0.1) is 0 Å². The average Bonchev–Trinajstić information content (AvgIpc) is 2.85. The Morgan fingerprint density at radius 3 is 2.88 bits per heavy atom. The van der Waals surface area contributed by atoms with E-state index in [1.807, 2.05) is 25.4 Å². The third-order valence-electron chi connectivity index (χ3n) is 3.08. The van der Waals surface area contributed by atoms with Crippen molar-refractivity contribution in [2.45, 2.75) is 25.9 Å². The van der Waals surface area contributed by atoms with Crippen molar-refractivity contribution in [2.75, 3.05) is 7.05 Å². The molecule has 0 aliphatic carbocycles. The predicted molar refractivity (Wildman–Crippen MR) is 69.8 cm³/mol. The molecule has 0 bridgehead atoms. The maximum atomic E-state index is 4.34. The van der Waals surface area contributed by atoms with Crippen molar-refractivity contribution in [1.82, 2.24) is 14.9 Å². The van der Waals surface area contributed by atoms with Crippen molar-refractivity contribution < 1.29 is 0 Å². The van der Waals surface area contributed by atoms with Gasteiger partial charge in [0.05, 0.1) is 0 Å². The standard InChI is InChI=1S/C14H19N3/c1-12(15-2)14-7-5-10-17(14)11-8-13-6-3-4-9-16-13/h3-7,9-10,12,15H,8,11H2,1-2H3. The molecular weight excluding hydrogens is 210 g/mol. The molecule has 0 amide bonds. The topological polar surface area (TPSA) is 29.9 Å². The maximum absolute atomic E-state index is 4.34. The third-order valence-corrected chi connectivity index (χ3v) is 3.08. The van der Waals surface area contributed by atoms with Gasteiger partial charge >= 0.3 is 0 Å². The van der Waals surface area contributed by atoms with Crippen LogP contribution in [0.1, 0.15) is 24.4 Å². The number of hydrogen-bond acceptors (Lipinski definition) is 2. The Hall–Kier alpha value is -1.61. The molecule has 1 N–H and O–H groups in total. The molecule has 2 rings (SSSR count). The minimum atomic E-state index is 0.383. The summed E-state index contributed by atoms with van der Waals surface area (Å²) in [5.41, 5.74) is 2.47. The number of rotatable bonds is 5. The van der Waals surface area contributed by atoms with Gasteiger partial charge < -0.3 is 9.88 Å². The minimum Gasteiger partial charge on any atom is -0.350 e. The zero-order chi connectivity index (χ0) is 12.1. The molecule has 17 heavy (non-hydrogen) atoms. The Morgan fingerprint density at radius 2 is 2.18 bits per heavy atom. The summed E-state index contributed by atoms with van der Waals surface area (Å²) in [5, 5.41) is 3.27. The second-order valence-electron chi connectivity index (χ2n) is 4.21. The molecule has 0 spiro atoms. The van der Waals surface area contributed by atoms with Crippen LogP contribution in [0.15, 0.2) is 42.7 Å².